The molecule has 113 heavy (non-hydrogen) atoms. The van der Waals surface area contributed by atoms with Crippen molar-refractivity contribution in [3.8, 4) is 0 Å². The van der Waals surface area contributed by atoms with E-state index in [1.165, 1.54) is 109 Å². The van der Waals surface area contributed by atoms with Gasteiger partial charge >= 0.3 is 5.97 Å². The zero-order valence-corrected chi connectivity index (χ0v) is 70.3. The molecular formula is C85H144Cl2N5O21. The van der Waals surface area contributed by atoms with Gasteiger partial charge in [0.1, 0.15) is 6.04 Å². The average molecular weight is 1640 g/mol. The third-order valence-corrected chi connectivity index (χ3v) is 19.8. The van der Waals surface area contributed by atoms with Gasteiger partial charge in [0.05, 0.1) is 192 Å². The van der Waals surface area contributed by atoms with Crippen molar-refractivity contribution >= 4 is 64.4 Å². The Hall–Kier alpha value is -4.72. The van der Waals surface area contributed by atoms with Crippen molar-refractivity contribution in [3.05, 3.63) is 70.6 Å². The Balaban J connectivity index is 1.02. The van der Waals surface area contributed by atoms with Gasteiger partial charge in [-0.05, 0) is 74.8 Å². The molecule has 2 aromatic rings. The molecule has 3 atom stereocenters. The lowest BCUT2D eigenvalue weighted by atomic mass is 9.81. The topological polar surface area (TPSA) is 312 Å². The molecule has 26 nitrogen and oxygen atoms in total. The van der Waals surface area contributed by atoms with Gasteiger partial charge in [0.2, 0.25) is 23.6 Å². The summed E-state index contributed by atoms with van der Waals surface area (Å²) in [4.78, 5) is 76.9. The fourth-order valence-electron chi connectivity index (χ4n) is 12.6. The van der Waals surface area contributed by atoms with Crippen LogP contribution in [-0.4, -0.2) is 250 Å². The zero-order valence-electron chi connectivity index (χ0n) is 68.8. The fraction of sp³-hybridized carbons (Fsp3) is 0.776. The summed E-state index contributed by atoms with van der Waals surface area (Å²) in [5.41, 5.74) is 0.454. The second kappa shape index (κ2) is 72.5. The Labute approximate surface area is 686 Å². The first-order valence-corrected chi connectivity index (χ1v) is 43.2. The predicted octanol–water partition coefficient (Wildman–Crippen LogP) is 13.3. The molecule has 0 aliphatic heterocycles. The Morgan fingerprint density at radius 1 is 0.442 bits per heavy atom. The minimum atomic E-state index is -1.18. The first kappa shape index (κ1) is 102. The molecule has 3 rings (SSSR count). The minimum Gasteiger partial charge on any atom is -0.480 e. The summed E-state index contributed by atoms with van der Waals surface area (Å²) in [5, 5.41) is 24.8. The number of amides is 5. The number of rotatable bonds is 81. The number of halogens is 2. The molecule has 2 aromatic carbocycles. The second-order valence-corrected chi connectivity index (χ2v) is 29.4. The molecule has 1 aliphatic carbocycles. The van der Waals surface area contributed by atoms with Gasteiger partial charge in [0.25, 0.3) is 5.91 Å². The maximum atomic E-state index is 13.7. The number of ether oxygens (including phenoxy) is 14. The number of carboxylic acids is 1. The normalized spacial score (nSPS) is 13.4. The van der Waals surface area contributed by atoms with Crippen molar-refractivity contribution in [2.75, 3.05) is 197 Å². The highest BCUT2D eigenvalue weighted by molar-refractivity contribution is 6.40. The van der Waals surface area contributed by atoms with E-state index in [2.05, 4.69) is 47.4 Å². The first-order chi connectivity index (χ1) is 55.3. The predicted molar refractivity (Wildman–Crippen MR) is 440 cm³/mol. The van der Waals surface area contributed by atoms with E-state index in [-0.39, 0.29) is 90.2 Å². The van der Waals surface area contributed by atoms with Crippen LogP contribution in [0.4, 0.5) is 5.69 Å². The number of aliphatic carboxylic acids is 1. The van der Waals surface area contributed by atoms with Crippen LogP contribution < -0.4 is 26.6 Å². The van der Waals surface area contributed by atoms with Crippen LogP contribution in [0.2, 0.25) is 10.0 Å². The van der Waals surface area contributed by atoms with E-state index in [9.17, 15) is 33.9 Å². The number of benzene rings is 2. The molecule has 1 aliphatic rings. The highest BCUT2D eigenvalue weighted by Crippen LogP contribution is 2.41. The molecule has 0 aromatic heterocycles. The van der Waals surface area contributed by atoms with Crippen molar-refractivity contribution in [2.24, 2.45) is 5.41 Å². The molecule has 649 valence electrons. The van der Waals surface area contributed by atoms with E-state index in [4.69, 9.17) is 89.5 Å². The third-order valence-electron chi connectivity index (χ3n) is 19.2. The van der Waals surface area contributed by atoms with Gasteiger partial charge in [0, 0.05) is 63.7 Å². The van der Waals surface area contributed by atoms with Gasteiger partial charge in [-0.15, -0.1) is 0 Å². The Morgan fingerprint density at radius 3 is 1.27 bits per heavy atom. The van der Waals surface area contributed by atoms with Gasteiger partial charge in [-0.2, -0.15) is 0 Å². The number of anilines is 1. The third kappa shape index (κ3) is 56.3. The van der Waals surface area contributed by atoms with Gasteiger partial charge in [-0.3, -0.25) is 24.0 Å². The molecular weight excluding hydrogens is 1500 g/mol. The average Bonchev–Trinajstić information content (AvgIpc) is 1.70. The molecule has 0 saturated heterocycles. The Bertz CT molecular complexity index is 2650. The van der Waals surface area contributed by atoms with E-state index in [0.717, 1.165) is 38.7 Å². The first-order valence-electron chi connectivity index (χ1n) is 42.4. The van der Waals surface area contributed by atoms with Crippen LogP contribution in [0.1, 0.15) is 222 Å². The Kier molecular flexibility index (Phi) is 65.7. The summed E-state index contributed by atoms with van der Waals surface area (Å²) >= 11 is 12.3. The molecule has 0 bridgehead atoms. The van der Waals surface area contributed by atoms with Crippen molar-refractivity contribution in [3.63, 3.8) is 0 Å². The number of carboxylic acid groups (broad SMARTS) is 1. The summed E-state index contributed by atoms with van der Waals surface area (Å²) in [6, 6.07) is 10.1. The maximum Gasteiger partial charge on any atom is 0.326 e. The summed E-state index contributed by atoms with van der Waals surface area (Å²) in [6.45, 7) is 20.9. The molecule has 2 unspecified atom stereocenters. The zero-order chi connectivity index (χ0) is 81.4. The molecule has 1 radical (unpaired) electrons. The standard InChI is InChI=1S/C85H144Cl2N5O21/c1-4-7-9-11-13-15-17-19-21-25-42-112-70-74(113-43-26-22-20-18-16-14-12-10-8-5-2)69-72(6-3)90-80(95)35-34-78(93)89-41-45-101-47-49-103-51-53-105-55-57-107-59-61-109-63-65-111-67-66-110-64-62-108-60-58-106-56-54-104-52-50-102-48-46-100-44-36-79(94)88-40-39-85(37-23-24-38-85)84(99)92-77(83(97)98)68-71-30-32-73(33-31-71)91-82(96)81-75(86)28-27-29-76(81)87/h27-33,72,74,77H,3-26,34-70H2,1-2H3,(H,88,94)(H,89,93)(H,90,95)(H,91,96)(H,92,99)(H,97,98)/t72?,74?,77-/m0/s1. The lowest BCUT2D eigenvalue weighted by Gasteiger charge is -2.29. The SMILES string of the molecule is [CH2]CC(CC(COCCCCCCCCCCCC)OCCCCCCCCCCCC)NC(=O)CCC(=O)NCCOCCOCCOCCOCCOCCOCCOCCOCCOCCOCCOCCOCCC(=O)NCCC1(C(=O)N[C@@H](Cc2ccc(NC(=O)c3c(Cl)cccc3Cl)cc2)C(=O)O)CCCC1. The maximum absolute atomic E-state index is 13.7. The molecule has 5 amide bonds. The Morgan fingerprint density at radius 2 is 0.832 bits per heavy atom. The van der Waals surface area contributed by atoms with Gasteiger partial charge in [-0.1, -0.05) is 191 Å². The summed E-state index contributed by atoms with van der Waals surface area (Å²) in [5.74, 6) is -2.58. The largest absolute Gasteiger partial charge is 0.480 e. The van der Waals surface area contributed by atoms with E-state index < -0.39 is 23.3 Å². The van der Waals surface area contributed by atoms with Crippen molar-refractivity contribution in [2.45, 2.75) is 231 Å². The lowest BCUT2D eigenvalue weighted by Crippen LogP contribution is -2.49. The minimum absolute atomic E-state index is 0.0262. The van der Waals surface area contributed by atoms with Gasteiger partial charge in [-0.25, -0.2) is 4.79 Å². The number of carbonyl (C=O) groups excluding carboxylic acids is 5. The van der Waals surface area contributed by atoms with Crippen LogP contribution in [0.5, 0.6) is 0 Å². The van der Waals surface area contributed by atoms with Crippen LogP contribution in [0, 0.1) is 12.3 Å². The number of nitrogens with one attached hydrogen (secondary N) is 5. The van der Waals surface area contributed by atoms with Crippen molar-refractivity contribution in [1.29, 1.82) is 0 Å². The second-order valence-electron chi connectivity index (χ2n) is 28.6. The molecule has 1 saturated carbocycles. The van der Waals surface area contributed by atoms with E-state index in [0.29, 0.717) is 215 Å². The quantitative estimate of drug-likeness (QED) is 0.0335. The van der Waals surface area contributed by atoms with Gasteiger partial charge in [0.15, 0.2) is 0 Å². The van der Waals surface area contributed by atoms with E-state index in [1.54, 1.807) is 42.5 Å². The number of carbonyl (C=O) groups is 6. The smallest absolute Gasteiger partial charge is 0.326 e. The summed E-state index contributed by atoms with van der Waals surface area (Å²) in [7, 11) is 0. The van der Waals surface area contributed by atoms with Crippen LogP contribution in [0.15, 0.2) is 42.5 Å². The van der Waals surface area contributed by atoms with Crippen LogP contribution in [-0.2, 0) is 96.7 Å². The van der Waals surface area contributed by atoms with Crippen LogP contribution in [0.25, 0.3) is 0 Å². The number of hydrogen-bond donors (Lipinski definition) is 6. The monoisotopic (exact) mass is 1640 g/mol. The van der Waals surface area contributed by atoms with E-state index in [1.807, 2.05) is 0 Å². The molecule has 0 spiro atoms. The van der Waals surface area contributed by atoms with Crippen molar-refractivity contribution < 1.29 is 100 Å². The summed E-state index contributed by atoms with van der Waals surface area (Å²) < 4.78 is 79.3. The number of hydrogen-bond acceptors (Lipinski definition) is 20. The van der Waals surface area contributed by atoms with E-state index >= 15 is 0 Å². The summed E-state index contributed by atoms with van der Waals surface area (Å²) in [6.07, 6.45) is 30.1. The highest BCUT2D eigenvalue weighted by Gasteiger charge is 2.42. The van der Waals surface area contributed by atoms with Crippen molar-refractivity contribution in [1.82, 2.24) is 21.3 Å². The lowest BCUT2D eigenvalue weighted by molar-refractivity contribution is -0.144. The van der Waals surface area contributed by atoms with Crippen LogP contribution in [0.3, 0.4) is 0 Å². The number of unbranched alkanes of at least 4 members (excludes halogenated alkanes) is 18. The molecule has 28 heteroatoms. The fourth-order valence-corrected chi connectivity index (χ4v) is 13.2. The molecule has 1 fully saturated rings. The highest BCUT2D eigenvalue weighted by atomic mass is 35.5. The molecule has 6 N–H and O–H groups in total. The van der Waals surface area contributed by atoms with Gasteiger partial charge < -0.3 is 98.0 Å². The van der Waals surface area contributed by atoms with Crippen LogP contribution >= 0.6 is 23.2 Å². The molecule has 0 heterocycles.